The Morgan fingerprint density at radius 1 is 1.08 bits per heavy atom. The first-order valence-electron chi connectivity index (χ1n) is 11.7. The number of esters is 1. The maximum absolute atomic E-state index is 13.1. The molecule has 0 atom stereocenters. The van der Waals surface area contributed by atoms with Crippen molar-refractivity contribution in [2.24, 2.45) is 4.99 Å². The number of amides is 1. The number of fused-ring (bicyclic) bond motifs is 2. The van der Waals surface area contributed by atoms with Crippen LogP contribution in [-0.2, 0) is 30.8 Å². The molecule has 1 amide bonds. The van der Waals surface area contributed by atoms with Gasteiger partial charge in [0.1, 0.15) is 0 Å². The fraction of sp³-hybridized carbons (Fsp3) is 0.375. The van der Waals surface area contributed by atoms with Gasteiger partial charge >= 0.3 is 5.97 Å². The van der Waals surface area contributed by atoms with E-state index in [0.29, 0.717) is 29.5 Å². The van der Waals surface area contributed by atoms with Crippen molar-refractivity contribution >= 4 is 43.5 Å². The third-order valence-corrected chi connectivity index (χ3v) is 8.88. The largest absolute Gasteiger partial charge is 0.466 e. The van der Waals surface area contributed by atoms with Crippen molar-refractivity contribution < 1.29 is 37.0 Å². The number of rotatable bonds is 7. The smallest absolute Gasteiger partial charge is 0.307 e. The minimum absolute atomic E-state index is 0.101. The van der Waals surface area contributed by atoms with Crippen molar-refractivity contribution in [2.75, 3.05) is 39.7 Å². The van der Waals surface area contributed by atoms with E-state index in [1.54, 1.807) is 17.6 Å². The molecule has 0 spiro atoms. The second-order valence-electron chi connectivity index (χ2n) is 8.22. The van der Waals surface area contributed by atoms with Gasteiger partial charge in [-0.1, -0.05) is 11.3 Å². The summed E-state index contributed by atoms with van der Waals surface area (Å²) in [6.07, 6.45) is 0.101. The molecule has 0 unspecified atom stereocenters. The highest BCUT2D eigenvalue weighted by molar-refractivity contribution is 7.89. The number of sulfonamides is 1. The van der Waals surface area contributed by atoms with E-state index in [1.165, 1.54) is 39.9 Å². The van der Waals surface area contributed by atoms with Gasteiger partial charge in [-0.3, -0.25) is 9.59 Å². The lowest BCUT2D eigenvalue weighted by atomic mass is 10.2. The minimum Gasteiger partial charge on any atom is -0.466 e. The standard InChI is InChI=1S/C24H25N3O8S2/c1-2-33-22(28)7-8-27-18-13-19-20(35-15-34-19)14-21(18)36-24(27)25-23(29)16-3-5-17(6-4-16)37(30,31)26-9-11-32-12-10-26/h3-6,13-14H,2,7-12,15H2,1H3. The molecule has 5 rings (SSSR count). The summed E-state index contributed by atoms with van der Waals surface area (Å²) in [5, 5.41) is 0. The van der Waals surface area contributed by atoms with Crippen LogP contribution in [0.3, 0.4) is 0 Å². The molecule has 3 aromatic rings. The average molecular weight is 548 g/mol. The number of nitrogens with zero attached hydrogens (tertiary/aromatic N) is 3. The molecule has 1 aromatic heterocycles. The number of hydrogen-bond acceptors (Lipinski definition) is 9. The molecule has 3 heterocycles. The van der Waals surface area contributed by atoms with Crippen LogP contribution in [0.4, 0.5) is 0 Å². The number of ether oxygens (including phenoxy) is 4. The van der Waals surface area contributed by atoms with E-state index in [2.05, 4.69) is 4.99 Å². The molecule has 2 aliphatic heterocycles. The van der Waals surface area contributed by atoms with Gasteiger partial charge in [0.25, 0.3) is 5.91 Å². The monoisotopic (exact) mass is 547 g/mol. The Hall–Kier alpha value is -3.26. The highest BCUT2D eigenvalue weighted by atomic mass is 32.2. The SMILES string of the molecule is CCOC(=O)CCn1c(=NC(=O)c2ccc(S(=O)(=O)N3CCOCC3)cc2)sc2cc3c(cc21)OCO3. The van der Waals surface area contributed by atoms with Crippen molar-refractivity contribution in [3.8, 4) is 11.5 Å². The van der Waals surface area contributed by atoms with Gasteiger partial charge in [0.15, 0.2) is 16.3 Å². The van der Waals surface area contributed by atoms with Gasteiger partial charge in [-0.15, -0.1) is 0 Å². The normalized spacial score (nSPS) is 16.3. The zero-order chi connectivity index (χ0) is 26.0. The summed E-state index contributed by atoms with van der Waals surface area (Å²) < 4.78 is 50.9. The Morgan fingerprint density at radius 3 is 2.49 bits per heavy atom. The van der Waals surface area contributed by atoms with Crippen molar-refractivity contribution in [2.45, 2.75) is 24.8 Å². The first kappa shape index (κ1) is 25.4. The minimum atomic E-state index is -3.67. The van der Waals surface area contributed by atoms with Gasteiger partial charge in [-0.25, -0.2) is 8.42 Å². The highest BCUT2D eigenvalue weighted by Crippen LogP contribution is 2.37. The highest BCUT2D eigenvalue weighted by Gasteiger charge is 2.26. The molecule has 2 aromatic carbocycles. The Labute approximate surface area is 216 Å². The number of carbonyl (C=O) groups excluding carboxylic acids is 2. The van der Waals surface area contributed by atoms with Gasteiger partial charge in [-0.05, 0) is 31.2 Å². The molecular formula is C24H25N3O8S2. The summed E-state index contributed by atoms with van der Waals surface area (Å²) in [5.41, 5.74) is 0.988. The Balaban J connectivity index is 1.45. The van der Waals surface area contributed by atoms with E-state index < -0.39 is 15.9 Å². The van der Waals surface area contributed by atoms with Crippen LogP contribution >= 0.6 is 11.3 Å². The summed E-state index contributed by atoms with van der Waals surface area (Å²) in [7, 11) is -3.67. The number of benzene rings is 2. The summed E-state index contributed by atoms with van der Waals surface area (Å²) >= 11 is 1.28. The van der Waals surface area contributed by atoms with Crippen molar-refractivity contribution in [3.63, 3.8) is 0 Å². The van der Waals surface area contributed by atoms with E-state index in [1.807, 2.05) is 6.07 Å². The molecule has 0 bridgehead atoms. The predicted molar refractivity (Wildman–Crippen MR) is 133 cm³/mol. The van der Waals surface area contributed by atoms with Crippen molar-refractivity contribution in [3.05, 3.63) is 46.8 Å². The molecule has 0 radical (unpaired) electrons. The average Bonchev–Trinajstić information content (AvgIpc) is 3.50. The van der Waals surface area contributed by atoms with Crippen molar-refractivity contribution in [1.29, 1.82) is 0 Å². The Bertz CT molecular complexity index is 1500. The second-order valence-corrected chi connectivity index (χ2v) is 11.2. The zero-order valence-corrected chi connectivity index (χ0v) is 21.7. The van der Waals surface area contributed by atoms with Crippen LogP contribution in [0.25, 0.3) is 10.2 Å². The predicted octanol–water partition coefficient (Wildman–Crippen LogP) is 2.15. The second kappa shape index (κ2) is 10.6. The number of thiazole rings is 1. The Kier molecular flexibility index (Phi) is 7.29. The van der Waals surface area contributed by atoms with Crippen LogP contribution in [0.15, 0.2) is 46.3 Å². The summed E-state index contributed by atoms with van der Waals surface area (Å²) in [6, 6.07) is 9.34. The van der Waals surface area contributed by atoms with Crippen LogP contribution in [0.5, 0.6) is 11.5 Å². The third kappa shape index (κ3) is 5.25. The van der Waals surface area contributed by atoms with E-state index >= 15 is 0 Å². The molecule has 1 fully saturated rings. The summed E-state index contributed by atoms with van der Waals surface area (Å²) in [5.74, 6) is 0.280. The van der Waals surface area contributed by atoms with Crippen LogP contribution in [0, 0.1) is 0 Å². The van der Waals surface area contributed by atoms with Crippen LogP contribution in [0.1, 0.15) is 23.7 Å². The zero-order valence-electron chi connectivity index (χ0n) is 20.0. The van der Waals surface area contributed by atoms with Crippen LogP contribution in [-0.4, -0.2) is 68.9 Å². The third-order valence-electron chi connectivity index (χ3n) is 5.93. The molecule has 0 saturated carbocycles. The summed E-state index contributed by atoms with van der Waals surface area (Å²) in [6.45, 7) is 3.67. The quantitative estimate of drug-likeness (QED) is 0.412. The number of aromatic nitrogens is 1. The first-order valence-corrected chi connectivity index (χ1v) is 14.0. The van der Waals surface area contributed by atoms with Crippen LogP contribution < -0.4 is 14.3 Å². The molecule has 196 valence electrons. The van der Waals surface area contributed by atoms with Gasteiger partial charge in [0.2, 0.25) is 16.8 Å². The number of hydrogen-bond donors (Lipinski definition) is 0. The molecule has 13 heteroatoms. The number of morpholine rings is 1. The van der Waals surface area contributed by atoms with Crippen LogP contribution in [0.2, 0.25) is 0 Å². The van der Waals surface area contributed by atoms with Crippen molar-refractivity contribution in [1.82, 2.24) is 8.87 Å². The van der Waals surface area contributed by atoms with E-state index in [9.17, 15) is 18.0 Å². The maximum atomic E-state index is 13.1. The molecule has 0 N–H and O–H groups in total. The molecule has 37 heavy (non-hydrogen) atoms. The molecule has 2 aliphatic rings. The van der Waals surface area contributed by atoms with E-state index in [4.69, 9.17) is 18.9 Å². The lowest BCUT2D eigenvalue weighted by molar-refractivity contribution is -0.143. The fourth-order valence-corrected chi connectivity index (χ4v) is 6.53. The first-order chi connectivity index (χ1) is 17.9. The molecule has 1 saturated heterocycles. The molecule has 0 aliphatic carbocycles. The topological polar surface area (TPSA) is 126 Å². The van der Waals surface area contributed by atoms with Gasteiger partial charge in [0.05, 0.1) is 41.4 Å². The van der Waals surface area contributed by atoms with E-state index in [0.717, 1.165) is 10.2 Å². The maximum Gasteiger partial charge on any atom is 0.307 e. The van der Waals surface area contributed by atoms with Gasteiger partial charge < -0.3 is 23.5 Å². The number of carbonyl (C=O) groups is 2. The van der Waals surface area contributed by atoms with E-state index in [-0.39, 0.29) is 55.9 Å². The lowest BCUT2D eigenvalue weighted by Gasteiger charge is -2.26. The molecule has 11 nitrogen and oxygen atoms in total. The van der Waals surface area contributed by atoms with Gasteiger partial charge in [0, 0.05) is 37.3 Å². The Morgan fingerprint density at radius 2 is 1.78 bits per heavy atom. The molecular weight excluding hydrogens is 522 g/mol. The number of aryl methyl sites for hydroxylation is 1. The fourth-order valence-electron chi connectivity index (χ4n) is 4.05. The van der Waals surface area contributed by atoms with Gasteiger partial charge in [-0.2, -0.15) is 9.30 Å². The lowest BCUT2D eigenvalue weighted by Crippen LogP contribution is -2.40. The summed E-state index contributed by atoms with van der Waals surface area (Å²) in [4.78, 5) is 29.9.